The van der Waals surface area contributed by atoms with Crippen LogP contribution < -0.4 is 15.7 Å². The van der Waals surface area contributed by atoms with E-state index < -0.39 is 35.1 Å². The average Bonchev–Trinajstić information content (AvgIpc) is 2.72. The highest BCUT2D eigenvalue weighted by molar-refractivity contribution is 5.94. The number of nitrogens with one attached hydrogen (secondary N) is 1. The van der Waals surface area contributed by atoms with Gasteiger partial charge in [-0.15, -0.1) is 0 Å². The first-order valence-corrected chi connectivity index (χ1v) is 8.56. The molecule has 156 valence electrons. The van der Waals surface area contributed by atoms with Crippen LogP contribution in [0.4, 0.5) is 17.6 Å². The summed E-state index contributed by atoms with van der Waals surface area (Å²) in [5.41, 5.74) is -1.36. The summed E-state index contributed by atoms with van der Waals surface area (Å²) in [5.74, 6) is -1.46. The van der Waals surface area contributed by atoms with Crippen LogP contribution in [-0.2, 0) is 6.18 Å². The van der Waals surface area contributed by atoms with Gasteiger partial charge >= 0.3 is 6.18 Å². The number of rotatable bonds is 5. The smallest absolute Gasteiger partial charge is 0.414 e. The van der Waals surface area contributed by atoms with Gasteiger partial charge in [0.05, 0.1) is 23.4 Å². The van der Waals surface area contributed by atoms with Gasteiger partial charge in [0.15, 0.2) is 0 Å². The Hall–Kier alpha value is -3.69. The highest BCUT2D eigenvalue weighted by atomic mass is 19.4. The van der Waals surface area contributed by atoms with E-state index in [4.69, 9.17) is 4.84 Å². The van der Waals surface area contributed by atoms with Gasteiger partial charge in [-0.3, -0.25) is 14.6 Å². The number of halogens is 4. The molecule has 3 rings (SSSR count). The number of pyridine rings is 2. The predicted molar refractivity (Wildman–Crippen MR) is 98.2 cm³/mol. The zero-order valence-electron chi connectivity index (χ0n) is 15.5. The van der Waals surface area contributed by atoms with Gasteiger partial charge in [-0.1, -0.05) is 12.1 Å². The van der Waals surface area contributed by atoms with Gasteiger partial charge in [-0.25, -0.2) is 4.39 Å². The molecule has 30 heavy (non-hydrogen) atoms. The third kappa shape index (κ3) is 4.48. The maximum Gasteiger partial charge on any atom is 0.416 e. The van der Waals surface area contributed by atoms with Gasteiger partial charge in [0.1, 0.15) is 18.6 Å². The van der Waals surface area contributed by atoms with Crippen molar-refractivity contribution in [3.05, 3.63) is 99.5 Å². The van der Waals surface area contributed by atoms with E-state index in [1.54, 1.807) is 0 Å². The van der Waals surface area contributed by atoms with Gasteiger partial charge in [0, 0.05) is 12.3 Å². The molecule has 0 fully saturated rings. The van der Waals surface area contributed by atoms with Crippen LogP contribution in [0, 0.1) is 5.82 Å². The molecule has 0 aliphatic heterocycles. The van der Waals surface area contributed by atoms with Crippen molar-refractivity contribution in [2.45, 2.75) is 12.2 Å². The van der Waals surface area contributed by atoms with E-state index in [1.807, 2.05) is 0 Å². The number of carbonyl (C=O) groups excluding carboxylic acids is 1. The van der Waals surface area contributed by atoms with Crippen molar-refractivity contribution >= 4 is 5.91 Å². The Bertz CT molecular complexity index is 1110. The molecule has 0 aliphatic rings. The lowest BCUT2D eigenvalue weighted by atomic mass is 10.0. The summed E-state index contributed by atoms with van der Waals surface area (Å²) in [7, 11) is 1.23. The summed E-state index contributed by atoms with van der Waals surface area (Å²) >= 11 is 0. The number of hydrogen-bond donors (Lipinski definition) is 1. The van der Waals surface area contributed by atoms with E-state index in [2.05, 4.69) is 10.3 Å². The molecule has 3 aromatic rings. The number of amides is 1. The van der Waals surface area contributed by atoms with Gasteiger partial charge in [-0.05, 0) is 35.9 Å². The second-order valence-corrected chi connectivity index (χ2v) is 6.16. The lowest BCUT2D eigenvalue weighted by Gasteiger charge is -2.20. The highest BCUT2D eigenvalue weighted by Crippen LogP contribution is 2.31. The van der Waals surface area contributed by atoms with Crippen LogP contribution >= 0.6 is 0 Å². The first-order valence-electron chi connectivity index (χ1n) is 8.56. The fourth-order valence-corrected chi connectivity index (χ4v) is 2.74. The molecule has 0 saturated carbocycles. The van der Waals surface area contributed by atoms with E-state index in [9.17, 15) is 27.2 Å². The Morgan fingerprint density at radius 1 is 1.13 bits per heavy atom. The fourth-order valence-electron chi connectivity index (χ4n) is 2.74. The summed E-state index contributed by atoms with van der Waals surface area (Å²) < 4.78 is 53.8. The topological polar surface area (TPSA) is 73.2 Å². The third-order valence-corrected chi connectivity index (χ3v) is 4.25. The lowest BCUT2D eigenvalue weighted by molar-refractivity contribution is -0.137. The van der Waals surface area contributed by atoms with E-state index in [1.165, 1.54) is 25.4 Å². The molecule has 1 atom stereocenters. The third-order valence-electron chi connectivity index (χ3n) is 4.25. The van der Waals surface area contributed by atoms with Crippen molar-refractivity contribution in [2.24, 2.45) is 0 Å². The molecule has 0 radical (unpaired) electrons. The number of aromatic nitrogens is 2. The van der Waals surface area contributed by atoms with Crippen molar-refractivity contribution < 1.29 is 27.2 Å². The SMILES string of the molecule is COn1cc(C(=O)NC(c2ccc(C(F)(F)F)cc2)c2ncccc2F)ccc1=O. The molecule has 10 heteroatoms. The second-order valence-electron chi connectivity index (χ2n) is 6.16. The minimum Gasteiger partial charge on any atom is -0.414 e. The molecule has 0 bridgehead atoms. The van der Waals surface area contributed by atoms with Crippen molar-refractivity contribution in [1.29, 1.82) is 0 Å². The van der Waals surface area contributed by atoms with E-state index in [0.717, 1.165) is 47.3 Å². The molecular weight excluding hydrogens is 406 g/mol. The Balaban J connectivity index is 1.99. The van der Waals surface area contributed by atoms with Crippen LogP contribution in [-0.4, -0.2) is 22.7 Å². The Morgan fingerprint density at radius 3 is 2.43 bits per heavy atom. The Kier molecular flexibility index (Phi) is 5.86. The normalized spacial score (nSPS) is 12.3. The highest BCUT2D eigenvalue weighted by Gasteiger charge is 2.31. The van der Waals surface area contributed by atoms with Gasteiger partial charge < -0.3 is 10.2 Å². The van der Waals surface area contributed by atoms with Gasteiger partial charge in [-0.2, -0.15) is 17.9 Å². The van der Waals surface area contributed by atoms with Crippen LogP contribution in [0.25, 0.3) is 0 Å². The molecule has 6 nitrogen and oxygen atoms in total. The van der Waals surface area contributed by atoms with Crippen molar-refractivity contribution in [1.82, 2.24) is 15.0 Å². The quantitative estimate of drug-likeness (QED) is 0.643. The zero-order valence-corrected chi connectivity index (χ0v) is 15.5. The van der Waals surface area contributed by atoms with Crippen LogP contribution in [0.15, 0.2) is 65.7 Å². The predicted octanol–water partition coefficient (Wildman–Crippen LogP) is 2.98. The number of alkyl halides is 3. The van der Waals surface area contributed by atoms with Crippen molar-refractivity contribution in [3.63, 3.8) is 0 Å². The van der Waals surface area contributed by atoms with Crippen molar-refractivity contribution in [3.8, 4) is 0 Å². The summed E-state index contributed by atoms with van der Waals surface area (Å²) in [5, 5.41) is 2.54. The van der Waals surface area contributed by atoms with Crippen LogP contribution in [0.3, 0.4) is 0 Å². The second kappa shape index (κ2) is 8.36. The number of carbonyl (C=O) groups is 1. The minimum atomic E-state index is -4.54. The molecule has 1 amide bonds. The van der Waals surface area contributed by atoms with E-state index in [0.29, 0.717) is 0 Å². The summed E-state index contributed by atoms with van der Waals surface area (Å²) in [6.45, 7) is 0. The van der Waals surface area contributed by atoms with Gasteiger partial charge in [0.2, 0.25) is 0 Å². The summed E-state index contributed by atoms with van der Waals surface area (Å²) in [6, 6.07) is 7.58. The first-order chi connectivity index (χ1) is 14.2. The number of nitrogens with zero attached hydrogens (tertiary/aromatic N) is 2. The maximum absolute atomic E-state index is 14.4. The van der Waals surface area contributed by atoms with Crippen LogP contribution in [0.5, 0.6) is 0 Å². The molecule has 0 aliphatic carbocycles. The average molecular weight is 421 g/mol. The van der Waals surface area contributed by atoms with E-state index in [-0.39, 0.29) is 16.8 Å². The van der Waals surface area contributed by atoms with Crippen LogP contribution in [0.2, 0.25) is 0 Å². The number of benzene rings is 1. The minimum absolute atomic E-state index is 0.0182. The molecule has 2 heterocycles. The van der Waals surface area contributed by atoms with Gasteiger partial charge in [0.25, 0.3) is 11.5 Å². The summed E-state index contributed by atoms with van der Waals surface area (Å²) in [6.07, 6.45) is -2.11. The summed E-state index contributed by atoms with van der Waals surface area (Å²) in [4.78, 5) is 33.1. The molecule has 1 N–H and O–H groups in total. The standard InChI is InChI=1S/C20H15F4N3O3/c1-30-27-11-13(6-9-16(27)28)19(29)26-17(18-15(21)3-2-10-25-18)12-4-7-14(8-5-12)20(22,23)24/h2-11,17H,1H3,(H,26,29). The Labute approximate surface area is 167 Å². The fraction of sp³-hybridized carbons (Fsp3) is 0.150. The van der Waals surface area contributed by atoms with Crippen LogP contribution in [0.1, 0.15) is 33.2 Å². The molecule has 2 aromatic heterocycles. The monoisotopic (exact) mass is 421 g/mol. The largest absolute Gasteiger partial charge is 0.416 e. The molecule has 0 spiro atoms. The number of hydrogen-bond acceptors (Lipinski definition) is 4. The van der Waals surface area contributed by atoms with Crippen molar-refractivity contribution in [2.75, 3.05) is 7.11 Å². The molecule has 0 saturated heterocycles. The first kappa shape index (κ1) is 21.0. The lowest BCUT2D eigenvalue weighted by Crippen LogP contribution is -2.32. The maximum atomic E-state index is 14.4. The molecular formula is C20H15F4N3O3. The van der Waals surface area contributed by atoms with E-state index >= 15 is 0 Å². The zero-order chi connectivity index (χ0) is 21.9. The molecule has 1 unspecified atom stereocenters. The Morgan fingerprint density at radius 2 is 1.83 bits per heavy atom. The molecule has 1 aromatic carbocycles.